The molecule has 0 aromatic carbocycles. The van der Waals surface area contributed by atoms with Crippen molar-refractivity contribution in [1.29, 1.82) is 0 Å². The molecule has 2 aliphatic rings. The molecule has 1 aromatic heterocycles. The molecule has 1 aliphatic carbocycles. The largest absolute Gasteiger partial charge is 0.378 e. The van der Waals surface area contributed by atoms with E-state index in [1.807, 2.05) is 11.3 Å². The molecule has 3 rings (SSSR count). The molecule has 20 heavy (non-hydrogen) atoms. The van der Waals surface area contributed by atoms with E-state index in [1.54, 1.807) is 0 Å². The van der Waals surface area contributed by atoms with Gasteiger partial charge < -0.3 is 10.1 Å². The van der Waals surface area contributed by atoms with Gasteiger partial charge in [0.1, 0.15) is 5.01 Å². The first kappa shape index (κ1) is 14.5. The summed E-state index contributed by atoms with van der Waals surface area (Å²) in [5.41, 5.74) is 1.40. The standard InChI is InChI=1S/C16H26N2OS/c1-11-9-16(7-8-19-11,18-12-5-6-12)14-17-13(10-20-14)15(2,3)4/h10-12,18H,5-9H2,1-4H3. The van der Waals surface area contributed by atoms with Gasteiger partial charge >= 0.3 is 0 Å². The third-order valence-corrected chi connectivity index (χ3v) is 5.35. The van der Waals surface area contributed by atoms with Crippen molar-refractivity contribution in [2.45, 2.75) is 76.5 Å². The molecule has 1 saturated carbocycles. The number of nitrogens with one attached hydrogen (secondary N) is 1. The zero-order valence-electron chi connectivity index (χ0n) is 13.0. The lowest BCUT2D eigenvalue weighted by atomic mass is 9.87. The number of aromatic nitrogens is 1. The van der Waals surface area contributed by atoms with Crippen LogP contribution in [0.1, 0.15) is 64.1 Å². The van der Waals surface area contributed by atoms with Crippen molar-refractivity contribution < 1.29 is 4.74 Å². The van der Waals surface area contributed by atoms with Gasteiger partial charge in [-0.05, 0) is 32.6 Å². The molecule has 1 aromatic rings. The minimum Gasteiger partial charge on any atom is -0.378 e. The zero-order valence-corrected chi connectivity index (χ0v) is 13.8. The molecule has 2 unspecified atom stereocenters. The highest BCUT2D eigenvalue weighted by Gasteiger charge is 2.43. The van der Waals surface area contributed by atoms with E-state index in [1.165, 1.54) is 23.5 Å². The molecule has 0 bridgehead atoms. The highest BCUT2D eigenvalue weighted by molar-refractivity contribution is 7.09. The van der Waals surface area contributed by atoms with Gasteiger partial charge in [-0.15, -0.1) is 11.3 Å². The van der Waals surface area contributed by atoms with Crippen LogP contribution in [0.5, 0.6) is 0 Å². The molecule has 2 heterocycles. The highest BCUT2D eigenvalue weighted by Crippen LogP contribution is 2.40. The molecular formula is C16H26N2OS. The zero-order chi connectivity index (χ0) is 14.4. The Morgan fingerprint density at radius 3 is 2.70 bits per heavy atom. The molecule has 0 amide bonds. The lowest BCUT2D eigenvalue weighted by Crippen LogP contribution is -2.49. The number of hydrogen-bond acceptors (Lipinski definition) is 4. The van der Waals surface area contributed by atoms with E-state index in [9.17, 15) is 0 Å². The summed E-state index contributed by atoms with van der Waals surface area (Å²) in [5, 5.41) is 7.40. The van der Waals surface area contributed by atoms with Crippen LogP contribution in [0.4, 0.5) is 0 Å². The monoisotopic (exact) mass is 294 g/mol. The van der Waals surface area contributed by atoms with E-state index < -0.39 is 0 Å². The van der Waals surface area contributed by atoms with Crippen LogP contribution in [0.2, 0.25) is 0 Å². The normalized spacial score (nSPS) is 31.5. The van der Waals surface area contributed by atoms with Gasteiger partial charge in [-0.25, -0.2) is 4.98 Å². The maximum absolute atomic E-state index is 5.77. The summed E-state index contributed by atoms with van der Waals surface area (Å²) < 4.78 is 5.77. The third-order valence-electron chi connectivity index (χ3n) is 4.31. The predicted octanol–water partition coefficient (Wildman–Crippen LogP) is 3.59. The van der Waals surface area contributed by atoms with Gasteiger partial charge in [0.15, 0.2) is 0 Å². The summed E-state index contributed by atoms with van der Waals surface area (Å²) in [6.07, 6.45) is 5.03. The smallest absolute Gasteiger partial charge is 0.113 e. The van der Waals surface area contributed by atoms with Crippen molar-refractivity contribution in [1.82, 2.24) is 10.3 Å². The average molecular weight is 294 g/mol. The second kappa shape index (κ2) is 5.08. The predicted molar refractivity (Wildman–Crippen MR) is 83.3 cm³/mol. The van der Waals surface area contributed by atoms with Gasteiger partial charge in [0.2, 0.25) is 0 Å². The van der Waals surface area contributed by atoms with E-state index in [4.69, 9.17) is 9.72 Å². The molecular weight excluding hydrogens is 268 g/mol. The lowest BCUT2D eigenvalue weighted by molar-refractivity contribution is -0.0214. The number of ether oxygens (including phenoxy) is 1. The summed E-state index contributed by atoms with van der Waals surface area (Å²) in [6, 6.07) is 0.697. The van der Waals surface area contributed by atoms with Crippen LogP contribution in [0, 0.1) is 0 Å². The van der Waals surface area contributed by atoms with Crippen molar-refractivity contribution in [3.05, 3.63) is 16.1 Å². The van der Waals surface area contributed by atoms with Crippen molar-refractivity contribution in [2.24, 2.45) is 0 Å². The number of hydrogen-bond donors (Lipinski definition) is 1. The van der Waals surface area contributed by atoms with Crippen LogP contribution in [-0.2, 0) is 15.7 Å². The van der Waals surface area contributed by atoms with Gasteiger partial charge in [0, 0.05) is 23.4 Å². The maximum atomic E-state index is 5.77. The molecule has 4 heteroatoms. The summed E-state index contributed by atoms with van der Waals surface area (Å²) in [4.78, 5) is 4.99. The van der Waals surface area contributed by atoms with Crippen molar-refractivity contribution in [3.8, 4) is 0 Å². The molecule has 1 aliphatic heterocycles. The second-order valence-electron chi connectivity index (χ2n) is 7.42. The molecule has 112 valence electrons. The topological polar surface area (TPSA) is 34.2 Å². The molecule has 2 atom stereocenters. The second-order valence-corrected chi connectivity index (χ2v) is 8.28. The van der Waals surface area contributed by atoms with Crippen LogP contribution in [-0.4, -0.2) is 23.7 Å². The Hall–Kier alpha value is -0.450. The number of rotatable bonds is 3. The van der Waals surface area contributed by atoms with Crippen LogP contribution in [0.15, 0.2) is 5.38 Å². The third kappa shape index (κ3) is 2.92. The Balaban J connectivity index is 1.90. The van der Waals surface area contributed by atoms with Gasteiger partial charge in [0.25, 0.3) is 0 Å². The molecule has 3 nitrogen and oxygen atoms in total. The van der Waals surface area contributed by atoms with Gasteiger partial charge in [0.05, 0.1) is 17.3 Å². The fourth-order valence-corrected chi connectivity index (χ4v) is 4.18. The van der Waals surface area contributed by atoms with E-state index in [2.05, 4.69) is 38.4 Å². The highest BCUT2D eigenvalue weighted by atomic mass is 32.1. The number of thiazole rings is 1. The fourth-order valence-electron chi connectivity index (χ4n) is 2.93. The molecule has 0 spiro atoms. The first-order chi connectivity index (χ1) is 9.39. The Bertz CT molecular complexity index is 471. The first-order valence-electron chi connectivity index (χ1n) is 7.75. The van der Waals surface area contributed by atoms with Crippen LogP contribution >= 0.6 is 11.3 Å². The average Bonchev–Trinajstić information content (AvgIpc) is 3.00. The Morgan fingerprint density at radius 1 is 1.40 bits per heavy atom. The molecule has 1 N–H and O–H groups in total. The van der Waals surface area contributed by atoms with E-state index >= 15 is 0 Å². The summed E-state index contributed by atoms with van der Waals surface area (Å²) in [7, 11) is 0. The van der Waals surface area contributed by atoms with E-state index in [-0.39, 0.29) is 11.0 Å². The maximum Gasteiger partial charge on any atom is 0.113 e. The molecule has 1 saturated heterocycles. The van der Waals surface area contributed by atoms with Crippen molar-refractivity contribution in [3.63, 3.8) is 0 Å². The van der Waals surface area contributed by atoms with Gasteiger partial charge in [-0.3, -0.25) is 0 Å². The molecule has 0 radical (unpaired) electrons. The fraction of sp³-hybridized carbons (Fsp3) is 0.812. The van der Waals surface area contributed by atoms with E-state index in [0.717, 1.165) is 19.4 Å². The minimum atomic E-state index is 0.0486. The Morgan fingerprint density at radius 2 is 2.15 bits per heavy atom. The Kier molecular flexibility index (Phi) is 3.68. The van der Waals surface area contributed by atoms with Crippen molar-refractivity contribution in [2.75, 3.05) is 6.61 Å². The number of nitrogens with zero attached hydrogens (tertiary/aromatic N) is 1. The van der Waals surface area contributed by atoms with Crippen LogP contribution in [0.3, 0.4) is 0 Å². The van der Waals surface area contributed by atoms with Crippen molar-refractivity contribution >= 4 is 11.3 Å². The van der Waals surface area contributed by atoms with Gasteiger partial charge in [-0.2, -0.15) is 0 Å². The SMILES string of the molecule is CC1CC(NC2CC2)(c2nc(C(C)(C)C)cs2)CCO1. The molecule has 2 fully saturated rings. The van der Waals surface area contributed by atoms with Crippen LogP contribution < -0.4 is 5.32 Å². The van der Waals surface area contributed by atoms with E-state index in [0.29, 0.717) is 12.1 Å². The minimum absolute atomic E-state index is 0.0486. The summed E-state index contributed by atoms with van der Waals surface area (Å²) >= 11 is 1.82. The summed E-state index contributed by atoms with van der Waals surface area (Å²) in [6.45, 7) is 9.73. The summed E-state index contributed by atoms with van der Waals surface area (Å²) in [5.74, 6) is 0. The lowest BCUT2D eigenvalue weighted by Gasteiger charge is -2.39. The quantitative estimate of drug-likeness (QED) is 0.925. The Labute approximate surface area is 126 Å². The van der Waals surface area contributed by atoms with Crippen LogP contribution in [0.25, 0.3) is 0 Å². The van der Waals surface area contributed by atoms with Gasteiger partial charge in [-0.1, -0.05) is 20.8 Å². The first-order valence-corrected chi connectivity index (χ1v) is 8.63.